The molecular formula is C40H58N3O6+. The van der Waals surface area contributed by atoms with Crippen molar-refractivity contribution in [2.45, 2.75) is 51.2 Å². The molecule has 9 nitrogen and oxygen atoms in total. The van der Waals surface area contributed by atoms with Crippen LogP contribution in [-0.4, -0.2) is 109 Å². The third-order valence-corrected chi connectivity index (χ3v) is 9.07. The highest BCUT2D eigenvalue weighted by molar-refractivity contribution is 5.91. The van der Waals surface area contributed by atoms with Crippen LogP contribution in [0.25, 0.3) is 11.1 Å². The molecule has 0 aliphatic carbocycles. The van der Waals surface area contributed by atoms with Gasteiger partial charge in [0.2, 0.25) is 0 Å². The third kappa shape index (κ3) is 14.5. The van der Waals surface area contributed by atoms with E-state index in [1.807, 2.05) is 72.8 Å². The second kappa shape index (κ2) is 21.6. The Morgan fingerprint density at radius 1 is 0.755 bits per heavy atom. The Morgan fingerprint density at radius 2 is 1.45 bits per heavy atom. The number of likely N-dealkylation sites (tertiary alicyclic amines) is 1. The Kier molecular flexibility index (Phi) is 16.9. The Hall–Kier alpha value is -3.47. The zero-order valence-corrected chi connectivity index (χ0v) is 29.9. The number of carbonyl (C=O) groups excluding carboxylic acids is 1. The van der Waals surface area contributed by atoms with Crippen molar-refractivity contribution in [1.82, 2.24) is 4.90 Å². The van der Waals surface area contributed by atoms with Crippen LogP contribution in [0.2, 0.25) is 0 Å². The molecule has 0 bridgehead atoms. The summed E-state index contributed by atoms with van der Waals surface area (Å²) in [6.45, 7) is 8.84. The molecule has 3 aromatic carbocycles. The molecule has 1 aliphatic heterocycles. The van der Waals surface area contributed by atoms with Crippen LogP contribution in [0.4, 0.5) is 10.5 Å². The number of nitrogens with one attached hydrogen (secondary N) is 1. The summed E-state index contributed by atoms with van der Waals surface area (Å²) in [6.07, 6.45) is 5.88. The molecule has 0 atom stereocenters. The first-order chi connectivity index (χ1) is 23.9. The van der Waals surface area contributed by atoms with Crippen LogP contribution in [0.15, 0.2) is 78.9 Å². The van der Waals surface area contributed by atoms with Crippen molar-refractivity contribution in [3.05, 3.63) is 84.4 Å². The van der Waals surface area contributed by atoms with Gasteiger partial charge in [-0.25, -0.2) is 4.79 Å². The van der Waals surface area contributed by atoms with Gasteiger partial charge in [-0.3, -0.25) is 5.32 Å². The van der Waals surface area contributed by atoms with Gasteiger partial charge in [0, 0.05) is 37.4 Å². The van der Waals surface area contributed by atoms with Crippen molar-refractivity contribution in [3.8, 4) is 16.9 Å². The van der Waals surface area contributed by atoms with E-state index in [0.717, 1.165) is 97.8 Å². The average Bonchev–Trinajstić information content (AvgIpc) is 3.12. The number of benzene rings is 3. The molecule has 268 valence electrons. The standard InChI is InChI=1S/C40H57N3O6/c1-43(2,26-13-4-5-14-28-48-33-35-17-9-12-20-39(35)45-3)27-30-47-32-31-46-29-25-42-23-21-36(22-24-42)49-40(44)41-38-19-11-10-18-37(38)34-15-7-6-8-16-34/h6-12,15-20,36H,4-5,13-14,21-33H2,1-3H3/p+1. The summed E-state index contributed by atoms with van der Waals surface area (Å²) in [6, 6.07) is 25.9. The molecule has 9 heteroatoms. The number of ether oxygens (including phenoxy) is 5. The molecule has 0 spiro atoms. The Balaban J connectivity index is 0.950. The van der Waals surface area contributed by atoms with Gasteiger partial charge in [0.05, 0.1) is 66.5 Å². The normalized spacial score (nSPS) is 14.1. The van der Waals surface area contributed by atoms with Gasteiger partial charge >= 0.3 is 6.09 Å². The van der Waals surface area contributed by atoms with E-state index in [1.165, 1.54) is 19.3 Å². The van der Waals surface area contributed by atoms with Crippen molar-refractivity contribution in [3.63, 3.8) is 0 Å². The first-order valence-electron chi connectivity index (χ1n) is 17.9. The van der Waals surface area contributed by atoms with E-state index in [9.17, 15) is 4.79 Å². The lowest BCUT2D eigenvalue weighted by atomic mass is 10.0. The maximum absolute atomic E-state index is 12.7. The molecule has 49 heavy (non-hydrogen) atoms. The lowest BCUT2D eigenvalue weighted by Crippen LogP contribution is -2.43. The molecule has 1 amide bonds. The van der Waals surface area contributed by atoms with E-state index < -0.39 is 6.09 Å². The molecule has 1 fully saturated rings. The van der Waals surface area contributed by atoms with Crippen molar-refractivity contribution in [2.24, 2.45) is 0 Å². The van der Waals surface area contributed by atoms with Gasteiger partial charge in [-0.2, -0.15) is 0 Å². The maximum atomic E-state index is 12.7. The van der Waals surface area contributed by atoms with Crippen molar-refractivity contribution >= 4 is 11.8 Å². The molecule has 0 aromatic heterocycles. The SMILES string of the molecule is COc1ccccc1COCCCCCC[N+](C)(C)CCOCCOCCN1CCC(OC(=O)Nc2ccccc2-c2ccccc2)CC1. The molecule has 3 aromatic rings. The fraction of sp³-hybridized carbons (Fsp3) is 0.525. The topological polar surface area (TPSA) is 78.5 Å². The van der Waals surface area contributed by atoms with E-state index in [2.05, 4.69) is 30.4 Å². The van der Waals surface area contributed by atoms with E-state index in [-0.39, 0.29) is 6.10 Å². The van der Waals surface area contributed by atoms with Gasteiger partial charge in [0.15, 0.2) is 0 Å². The number of para-hydroxylation sites is 2. The predicted octanol–water partition coefficient (Wildman–Crippen LogP) is 7.26. The molecule has 1 aliphatic rings. The molecule has 1 heterocycles. The monoisotopic (exact) mass is 676 g/mol. The number of piperidine rings is 1. The number of carbonyl (C=O) groups is 1. The Labute approximate surface area is 294 Å². The fourth-order valence-corrected chi connectivity index (χ4v) is 6.04. The number of likely N-dealkylation sites (N-methyl/N-ethyl adjacent to an activating group) is 1. The summed E-state index contributed by atoms with van der Waals surface area (Å²) >= 11 is 0. The first-order valence-corrected chi connectivity index (χ1v) is 17.9. The van der Waals surface area contributed by atoms with Crippen LogP contribution in [0.1, 0.15) is 44.1 Å². The molecule has 0 saturated carbocycles. The smallest absolute Gasteiger partial charge is 0.411 e. The van der Waals surface area contributed by atoms with Crippen LogP contribution >= 0.6 is 0 Å². The zero-order valence-electron chi connectivity index (χ0n) is 29.9. The highest BCUT2D eigenvalue weighted by Gasteiger charge is 2.22. The molecule has 1 N–H and O–H groups in total. The molecule has 4 rings (SSSR count). The summed E-state index contributed by atoms with van der Waals surface area (Å²) in [5, 5.41) is 2.95. The largest absolute Gasteiger partial charge is 0.496 e. The van der Waals surface area contributed by atoms with Gasteiger partial charge in [-0.15, -0.1) is 0 Å². The van der Waals surface area contributed by atoms with Crippen LogP contribution < -0.4 is 10.1 Å². The van der Waals surface area contributed by atoms with E-state index >= 15 is 0 Å². The summed E-state index contributed by atoms with van der Waals surface area (Å²) in [7, 11) is 6.26. The number of quaternary nitrogens is 1. The molecule has 0 radical (unpaired) electrons. The number of nitrogens with zero attached hydrogens (tertiary/aromatic N) is 2. The van der Waals surface area contributed by atoms with Crippen LogP contribution in [0.3, 0.4) is 0 Å². The van der Waals surface area contributed by atoms with Crippen molar-refractivity contribution in [2.75, 3.05) is 92.3 Å². The van der Waals surface area contributed by atoms with Crippen LogP contribution in [0, 0.1) is 0 Å². The minimum Gasteiger partial charge on any atom is -0.496 e. The number of methoxy groups -OCH3 is 1. The number of anilines is 1. The van der Waals surface area contributed by atoms with Crippen LogP contribution in [0.5, 0.6) is 5.75 Å². The van der Waals surface area contributed by atoms with Gasteiger partial charge in [-0.05, 0) is 49.8 Å². The van der Waals surface area contributed by atoms with Gasteiger partial charge < -0.3 is 33.1 Å². The summed E-state index contributed by atoms with van der Waals surface area (Å²) in [5.41, 5.74) is 3.89. The summed E-state index contributed by atoms with van der Waals surface area (Å²) in [5.74, 6) is 0.889. The third-order valence-electron chi connectivity index (χ3n) is 9.07. The Bertz CT molecular complexity index is 1350. The van der Waals surface area contributed by atoms with Crippen molar-refractivity contribution < 1.29 is 33.0 Å². The number of unbranched alkanes of at least 4 members (excludes halogenated alkanes) is 3. The predicted molar refractivity (Wildman–Crippen MR) is 196 cm³/mol. The zero-order chi connectivity index (χ0) is 34.6. The minimum atomic E-state index is -0.397. The second-order valence-corrected chi connectivity index (χ2v) is 13.4. The fourth-order valence-electron chi connectivity index (χ4n) is 6.04. The average molecular weight is 677 g/mol. The lowest BCUT2D eigenvalue weighted by Gasteiger charge is -2.31. The van der Waals surface area contributed by atoms with E-state index in [1.54, 1.807) is 7.11 Å². The van der Waals surface area contributed by atoms with Gasteiger partial charge in [0.25, 0.3) is 0 Å². The highest BCUT2D eigenvalue weighted by Crippen LogP contribution is 2.28. The van der Waals surface area contributed by atoms with Crippen LogP contribution in [-0.2, 0) is 25.6 Å². The van der Waals surface area contributed by atoms with Gasteiger partial charge in [0.1, 0.15) is 18.4 Å². The maximum Gasteiger partial charge on any atom is 0.411 e. The van der Waals surface area contributed by atoms with E-state index in [0.29, 0.717) is 26.4 Å². The summed E-state index contributed by atoms with van der Waals surface area (Å²) < 4.78 is 29.7. The Morgan fingerprint density at radius 3 is 2.24 bits per heavy atom. The van der Waals surface area contributed by atoms with Gasteiger partial charge in [-0.1, -0.05) is 73.2 Å². The molecule has 0 unspecified atom stereocenters. The minimum absolute atomic E-state index is 0.0765. The number of amides is 1. The number of rotatable bonds is 22. The number of hydrogen-bond acceptors (Lipinski definition) is 7. The number of hydrogen-bond donors (Lipinski definition) is 1. The highest BCUT2D eigenvalue weighted by atomic mass is 16.6. The summed E-state index contributed by atoms with van der Waals surface area (Å²) in [4.78, 5) is 15.1. The van der Waals surface area contributed by atoms with Crippen molar-refractivity contribution in [1.29, 1.82) is 0 Å². The second-order valence-electron chi connectivity index (χ2n) is 13.4. The quantitative estimate of drug-likeness (QED) is 0.0887. The lowest BCUT2D eigenvalue weighted by molar-refractivity contribution is -0.891. The van der Waals surface area contributed by atoms with E-state index in [4.69, 9.17) is 23.7 Å². The molecule has 1 saturated heterocycles. The first kappa shape index (κ1) is 38.3. The molecular weight excluding hydrogens is 618 g/mol.